The van der Waals surface area contributed by atoms with E-state index in [1.54, 1.807) is 13.2 Å². The first-order chi connectivity index (χ1) is 13.7. The number of hydrogen-bond donors (Lipinski definition) is 2. The molecule has 0 aliphatic carbocycles. The summed E-state index contributed by atoms with van der Waals surface area (Å²) < 4.78 is 7.13. The molecule has 1 aromatic heterocycles. The van der Waals surface area contributed by atoms with Crippen LogP contribution < -0.4 is 15.5 Å². The van der Waals surface area contributed by atoms with E-state index in [9.17, 15) is 4.79 Å². The summed E-state index contributed by atoms with van der Waals surface area (Å²) in [5, 5.41) is 11.7. The Hall–Kier alpha value is -3.00. The molecular formula is C20H21N5O2S. The van der Waals surface area contributed by atoms with Gasteiger partial charge >= 0.3 is 0 Å². The van der Waals surface area contributed by atoms with E-state index in [-0.39, 0.29) is 11.9 Å². The Morgan fingerprint density at radius 3 is 2.79 bits per heavy atom. The molecule has 28 heavy (non-hydrogen) atoms. The number of anilines is 1. The summed E-state index contributed by atoms with van der Waals surface area (Å²) in [6.45, 7) is 2.03. The van der Waals surface area contributed by atoms with Crippen molar-refractivity contribution in [3.05, 3.63) is 66.0 Å². The zero-order valence-corrected chi connectivity index (χ0v) is 16.4. The van der Waals surface area contributed by atoms with E-state index in [1.165, 1.54) is 11.8 Å². The van der Waals surface area contributed by atoms with Crippen molar-refractivity contribution in [3.63, 3.8) is 0 Å². The monoisotopic (exact) mass is 395 g/mol. The van der Waals surface area contributed by atoms with E-state index in [4.69, 9.17) is 4.74 Å². The fraction of sp³-hybridized carbons (Fsp3) is 0.250. The number of fused-ring (bicyclic) bond motifs is 1. The largest absolute Gasteiger partial charge is 0.497 e. The van der Waals surface area contributed by atoms with E-state index in [1.807, 2.05) is 60.1 Å². The molecule has 1 aliphatic rings. The van der Waals surface area contributed by atoms with Crippen LogP contribution in [0.2, 0.25) is 0 Å². The molecule has 2 atom stereocenters. The molecule has 2 N–H and O–H groups in total. The SMILES string of the molecule is CCc1nnc2n1N[C@H](c1ccccc1)[C@H](C(=O)Nc1cccc(OC)c1)S2. The maximum atomic E-state index is 13.2. The summed E-state index contributed by atoms with van der Waals surface area (Å²) in [4.78, 5) is 13.2. The first kappa shape index (κ1) is 18.4. The second kappa shape index (κ2) is 7.93. The fourth-order valence-corrected chi connectivity index (χ4v) is 4.25. The lowest BCUT2D eigenvalue weighted by Crippen LogP contribution is -2.41. The van der Waals surface area contributed by atoms with Crippen molar-refractivity contribution in [1.82, 2.24) is 14.9 Å². The summed E-state index contributed by atoms with van der Waals surface area (Å²) in [6.07, 6.45) is 0.753. The second-order valence-corrected chi connectivity index (χ2v) is 7.47. The highest BCUT2D eigenvalue weighted by atomic mass is 32.2. The minimum absolute atomic E-state index is 0.105. The van der Waals surface area contributed by atoms with Crippen molar-refractivity contribution in [2.24, 2.45) is 0 Å². The number of methoxy groups -OCH3 is 1. The molecule has 0 saturated carbocycles. The highest BCUT2D eigenvalue weighted by Crippen LogP contribution is 2.37. The molecule has 144 valence electrons. The molecule has 1 amide bonds. The van der Waals surface area contributed by atoms with Crippen LogP contribution >= 0.6 is 11.8 Å². The van der Waals surface area contributed by atoms with Crippen molar-refractivity contribution in [2.45, 2.75) is 29.8 Å². The molecule has 2 heterocycles. The van der Waals surface area contributed by atoms with E-state index < -0.39 is 5.25 Å². The average Bonchev–Trinajstić information content (AvgIpc) is 3.15. The molecule has 0 saturated heterocycles. The summed E-state index contributed by atoms with van der Waals surface area (Å²) in [6, 6.07) is 17.1. The Labute approximate surface area is 167 Å². The molecule has 0 spiro atoms. The van der Waals surface area contributed by atoms with Gasteiger partial charge in [-0.2, -0.15) is 0 Å². The van der Waals surface area contributed by atoms with Gasteiger partial charge in [-0.1, -0.05) is 55.1 Å². The number of ether oxygens (including phenoxy) is 1. The van der Waals surface area contributed by atoms with E-state index in [2.05, 4.69) is 20.9 Å². The molecule has 2 aromatic carbocycles. The third kappa shape index (κ3) is 3.55. The lowest BCUT2D eigenvalue weighted by molar-refractivity contribution is -0.116. The molecule has 3 aromatic rings. The predicted octanol–water partition coefficient (Wildman–Crippen LogP) is 3.25. The normalized spacial score (nSPS) is 18.1. The summed E-state index contributed by atoms with van der Waals surface area (Å²) in [5.74, 6) is 1.43. The van der Waals surface area contributed by atoms with Gasteiger partial charge in [0, 0.05) is 18.2 Å². The number of amides is 1. The van der Waals surface area contributed by atoms with Crippen LogP contribution in [0.4, 0.5) is 5.69 Å². The molecular weight excluding hydrogens is 374 g/mol. The van der Waals surface area contributed by atoms with Gasteiger partial charge in [0.25, 0.3) is 0 Å². The number of rotatable bonds is 5. The zero-order chi connectivity index (χ0) is 19.5. The Balaban J connectivity index is 1.65. The zero-order valence-electron chi connectivity index (χ0n) is 15.6. The van der Waals surface area contributed by atoms with Gasteiger partial charge in [0.2, 0.25) is 11.1 Å². The van der Waals surface area contributed by atoms with Crippen molar-refractivity contribution in [3.8, 4) is 5.75 Å². The minimum Gasteiger partial charge on any atom is -0.497 e. The van der Waals surface area contributed by atoms with Crippen LogP contribution in [0.15, 0.2) is 59.8 Å². The number of aryl methyl sites for hydroxylation is 1. The number of aromatic nitrogens is 3. The lowest BCUT2D eigenvalue weighted by Gasteiger charge is -2.33. The van der Waals surface area contributed by atoms with Crippen LogP contribution in [0.1, 0.15) is 24.4 Å². The Morgan fingerprint density at radius 1 is 1.21 bits per heavy atom. The summed E-state index contributed by atoms with van der Waals surface area (Å²) >= 11 is 1.42. The van der Waals surface area contributed by atoms with Gasteiger partial charge in [0.05, 0.1) is 13.2 Å². The molecule has 0 unspecified atom stereocenters. The predicted molar refractivity (Wildman–Crippen MR) is 109 cm³/mol. The smallest absolute Gasteiger partial charge is 0.240 e. The Kier molecular flexibility index (Phi) is 5.21. The first-order valence-corrected chi connectivity index (χ1v) is 9.95. The Morgan fingerprint density at radius 2 is 2.04 bits per heavy atom. The quantitative estimate of drug-likeness (QED) is 0.690. The van der Waals surface area contributed by atoms with Crippen LogP contribution in [0, 0.1) is 0 Å². The number of carbonyl (C=O) groups is 1. The number of hydrogen-bond acceptors (Lipinski definition) is 6. The summed E-state index contributed by atoms with van der Waals surface area (Å²) in [5.41, 5.74) is 5.16. The van der Waals surface area contributed by atoms with Crippen molar-refractivity contribution < 1.29 is 9.53 Å². The third-order valence-corrected chi connectivity index (χ3v) is 5.79. The average molecular weight is 395 g/mol. The standard InChI is InChI=1S/C20H21N5O2S/c1-3-16-22-23-20-25(16)24-17(13-8-5-4-6-9-13)18(28-20)19(26)21-14-10-7-11-15(12-14)27-2/h4-12,17-18,24H,3H2,1-2H3,(H,21,26)/t17-,18-/m1/s1. The fourth-order valence-electron chi connectivity index (χ4n) is 3.15. The van der Waals surface area contributed by atoms with Gasteiger partial charge in [-0.15, -0.1) is 10.2 Å². The molecule has 0 fully saturated rings. The van der Waals surface area contributed by atoms with Crippen LogP contribution in [-0.2, 0) is 11.2 Å². The van der Waals surface area contributed by atoms with Gasteiger partial charge in [-0.3, -0.25) is 4.79 Å². The van der Waals surface area contributed by atoms with Crippen LogP contribution in [0.5, 0.6) is 5.75 Å². The third-order valence-electron chi connectivity index (χ3n) is 4.57. The molecule has 8 heteroatoms. The lowest BCUT2D eigenvalue weighted by atomic mass is 10.0. The van der Waals surface area contributed by atoms with Crippen molar-refractivity contribution in [1.29, 1.82) is 0 Å². The molecule has 4 rings (SSSR count). The second-order valence-electron chi connectivity index (χ2n) is 6.36. The summed E-state index contributed by atoms with van der Waals surface area (Å²) in [7, 11) is 1.60. The van der Waals surface area contributed by atoms with Gasteiger partial charge in [-0.25, -0.2) is 4.68 Å². The van der Waals surface area contributed by atoms with Crippen molar-refractivity contribution in [2.75, 3.05) is 17.9 Å². The van der Waals surface area contributed by atoms with Gasteiger partial charge in [0.1, 0.15) is 11.0 Å². The minimum atomic E-state index is -0.407. The number of nitrogens with one attached hydrogen (secondary N) is 2. The number of benzene rings is 2. The number of carbonyl (C=O) groups excluding carboxylic acids is 1. The van der Waals surface area contributed by atoms with E-state index >= 15 is 0 Å². The topological polar surface area (TPSA) is 81.1 Å². The van der Waals surface area contributed by atoms with Crippen molar-refractivity contribution >= 4 is 23.4 Å². The van der Waals surface area contributed by atoms with Crippen LogP contribution in [-0.4, -0.2) is 33.1 Å². The van der Waals surface area contributed by atoms with Crippen LogP contribution in [0.3, 0.4) is 0 Å². The number of nitrogens with zero attached hydrogens (tertiary/aromatic N) is 3. The highest BCUT2D eigenvalue weighted by molar-refractivity contribution is 8.00. The van der Waals surface area contributed by atoms with Gasteiger partial charge in [0.15, 0.2) is 5.82 Å². The molecule has 0 bridgehead atoms. The van der Waals surface area contributed by atoms with E-state index in [0.717, 1.165) is 17.8 Å². The Bertz CT molecular complexity index is 976. The maximum absolute atomic E-state index is 13.2. The molecule has 7 nitrogen and oxygen atoms in total. The van der Waals surface area contributed by atoms with E-state index in [0.29, 0.717) is 16.6 Å². The molecule has 1 aliphatic heterocycles. The first-order valence-electron chi connectivity index (χ1n) is 9.07. The van der Waals surface area contributed by atoms with Gasteiger partial charge < -0.3 is 15.5 Å². The molecule has 0 radical (unpaired) electrons. The highest BCUT2D eigenvalue weighted by Gasteiger charge is 2.37. The van der Waals surface area contributed by atoms with Crippen LogP contribution in [0.25, 0.3) is 0 Å². The maximum Gasteiger partial charge on any atom is 0.240 e. The number of thioether (sulfide) groups is 1. The van der Waals surface area contributed by atoms with Gasteiger partial charge in [-0.05, 0) is 17.7 Å².